The van der Waals surface area contributed by atoms with E-state index in [2.05, 4.69) is 30.6 Å². The van der Waals surface area contributed by atoms with Gasteiger partial charge >= 0.3 is 5.97 Å². The number of primary amides is 1. The predicted molar refractivity (Wildman–Crippen MR) is 205 cm³/mol. The molecule has 0 aliphatic carbocycles. The summed E-state index contributed by atoms with van der Waals surface area (Å²) in [5, 5.41) is 15.0. The summed E-state index contributed by atoms with van der Waals surface area (Å²) in [5.74, 6) is -7.27. The van der Waals surface area contributed by atoms with Crippen LogP contribution in [0.5, 0.6) is 0 Å². The molecule has 0 radical (unpaired) electrons. The molecule has 54 heavy (non-hydrogen) atoms. The predicted octanol–water partition coefficient (Wildman–Crippen LogP) is -3.69. The van der Waals surface area contributed by atoms with Gasteiger partial charge in [-0.2, -0.15) is 0 Å². The van der Waals surface area contributed by atoms with Crippen LogP contribution in [0.15, 0.2) is 20.0 Å². The molecule has 0 fully saturated rings. The van der Waals surface area contributed by atoms with Crippen LogP contribution < -0.4 is 62.2 Å². The van der Waals surface area contributed by atoms with Crippen molar-refractivity contribution in [2.75, 3.05) is 26.2 Å². The number of hydrogen-bond acceptors (Lipinski definition) is 10. The van der Waals surface area contributed by atoms with Gasteiger partial charge in [-0.15, -0.1) is 0 Å². The number of nitrogens with two attached hydrogens (primary N) is 9. The first-order valence-corrected chi connectivity index (χ1v) is 17.7. The summed E-state index contributed by atoms with van der Waals surface area (Å²) in [5.41, 5.74) is 48.4. The van der Waals surface area contributed by atoms with Crippen molar-refractivity contribution in [1.82, 2.24) is 10.6 Å². The molecule has 22 nitrogen and oxygen atoms in total. The van der Waals surface area contributed by atoms with Gasteiger partial charge in [0.25, 0.3) is 0 Å². The number of aliphatic imine (C=N–C) groups is 4. The quantitative estimate of drug-likeness (QED) is 0.0190. The van der Waals surface area contributed by atoms with Crippen LogP contribution in [0.25, 0.3) is 0 Å². The smallest absolute Gasteiger partial charge is 0.326 e. The minimum absolute atomic E-state index is 0.00368. The number of hydrogen-bond donors (Lipinski definition) is 12. The number of rotatable bonds is 30. The largest absolute Gasteiger partial charge is 0.480 e. The van der Waals surface area contributed by atoms with Gasteiger partial charge < -0.3 is 67.3 Å². The average molecular weight is 768 g/mol. The van der Waals surface area contributed by atoms with Gasteiger partial charge in [0.05, 0.1) is 6.04 Å². The number of ketones is 2. The van der Waals surface area contributed by atoms with Crippen LogP contribution in [0.1, 0.15) is 84.0 Å². The number of nitrogens with one attached hydrogen (secondary N) is 2. The second-order valence-corrected chi connectivity index (χ2v) is 12.9. The summed E-state index contributed by atoms with van der Waals surface area (Å²) < 4.78 is 0. The van der Waals surface area contributed by atoms with E-state index in [9.17, 15) is 33.9 Å². The van der Waals surface area contributed by atoms with Crippen LogP contribution in [-0.4, -0.2) is 102 Å². The summed E-state index contributed by atoms with van der Waals surface area (Å²) in [6, 6.07) is -2.48. The van der Waals surface area contributed by atoms with Crippen LogP contribution in [-0.2, 0) is 28.8 Å². The fourth-order valence-corrected chi connectivity index (χ4v) is 5.27. The Bertz CT molecular complexity index is 1350. The topological polar surface area (TPSA) is 430 Å². The first kappa shape index (κ1) is 48.3. The lowest BCUT2D eigenvalue weighted by Gasteiger charge is -2.25. The molecule has 0 aromatic heterocycles. The van der Waals surface area contributed by atoms with Crippen molar-refractivity contribution in [3.8, 4) is 0 Å². The lowest BCUT2D eigenvalue weighted by atomic mass is 9.88. The standard InChI is InChI=1S/C32H61N15O7/c1-18(6-2-12-42-29(34)35)23(48)16-20(10-11-25(33)50)27(52)46-21(8-4-14-44-31(38)39)24(49)17-19(7-3-13-43-30(36)37)26(51)47-22(28(53)54)9-5-15-45-32(40)41/h18-22H,2-17H2,1H3,(H2,33,50)(H,46,52)(H,47,51)(H,53,54)(H4,34,35,42)(H4,36,37,43)(H4,38,39,44)(H4,40,41,45)/t18-,19+,20+,21-,22-/m0/s1. The van der Waals surface area contributed by atoms with Crippen LogP contribution in [0, 0.1) is 17.8 Å². The molecule has 0 aromatic carbocycles. The second-order valence-electron chi connectivity index (χ2n) is 12.9. The number of Topliss-reactive ketones (excluding diaryl/α,β-unsaturated/α-hetero) is 2. The molecule has 0 bridgehead atoms. The van der Waals surface area contributed by atoms with Gasteiger partial charge in [-0.3, -0.25) is 43.9 Å². The third kappa shape index (κ3) is 23.7. The lowest BCUT2D eigenvalue weighted by molar-refractivity contribution is -0.143. The molecule has 0 unspecified atom stereocenters. The molecule has 0 aliphatic rings. The Kier molecular flexibility index (Phi) is 24.1. The maximum absolute atomic E-state index is 13.9. The van der Waals surface area contributed by atoms with Gasteiger partial charge in [-0.25, -0.2) is 4.79 Å². The zero-order valence-corrected chi connectivity index (χ0v) is 31.1. The number of carbonyl (C=O) groups is 6. The van der Waals surface area contributed by atoms with Gasteiger partial charge in [-0.05, 0) is 57.8 Å². The van der Waals surface area contributed by atoms with Crippen molar-refractivity contribution in [3.05, 3.63) is 0 Å². The monoisotopic (exact) mass is 767 g/mol. The molecule has 0 heterocycles. The van der Waals surface area contributed by atoms with Crippen molar-refractivity contribution in [2.45, 2.75) is 96.1 Å². The molecule has 21 N–H and O–H groups in total. The van der Waals surface area contributed by atoms with Gasteiger partial charge in [-0.1, -0.05) is 6.92 Å². The molecule has 3 amide bonds. The average Bonchev–Trinajstić information content (AvgIpc) is 3.07. The number of carboxylic acids is 1. The van der Waals surface area contributed by atoms with Crippen molar-refractivity contribution in [2.24, 2.45) is 89.3 Å². The van der Waals surface area contributed by atoms with E-state index >= 15 is 0 Å². The van der Waals surface area contributed by atoms with Crippen molar-refractivity contribution < 1.29 is 33.9 Å². The highest BCUT2D eigenvalue weighted by atomic mass is 16.4. The minimum atomic E-state index is -1.31. The SMILES string of the molecule is C[C@@H](CCCN=C(N)N)C(=O)C[C@@H](CCC(N)=O)C(=O)N[C@@H](CCCN=C(N)N)C(=O)C[C@@H](CCCN=C(N)N)C(=O)N[C@@H](CCCN=C(N)N)C(=O)O. The first-order chi connectivity index (χ1) is 25.3. The molecule has 0 saturated carbocycles. The summed E-state index contributed by atoms with van der Waals surface area (Å²) in [6.45, 7) is 2.40. The Morgan fingerprint density at radius 2 is 0.889 bits per heavy atom. The van der Waals surface area contributed by atoms with Crippen molar-refractivity contribution >= 4 is 59.1 Å². The number of amides is 3. The maximum atomic E-state index is 13.9. The molecule has 0 aliphatic heterocycles. The van der Waals surface area contributed by atoms with E-state index in [0.29, 0.717) is 19.4 Å². The first-order valence-electron chi connectivity index (χ1n) is 17.7. The van der Waals surface area contributed by atoms with Gasteiger partial charge in [0.2, 0.25) is 17.7 Å². The van der Waals surface area contributed by atoms with Crippen molar-refractivity contribution in [3.63, 3.8) is 0 Å². The van der Waals surface area contributed by atoms with E-state index in [4.69, 9.17) is 51.6 Å². The molecule has 0 rings (SSSR count). The van der Waals surface area contributed by atoms with Crippen LogP contribution >= 0.6 is 0 Å². The highest BCUT2D eigenvalue weighted by molar-refractivity contribution is 5.95. The van der Waals surface area contributed by atoms with E-state index in [-0.39, 0.29) is 107 Å². The number of guanidine groups is 4. The van der Waals surface area contributed by atoms with E-state index < -0.39 is 65.7 Å². The number of carbonyl (C=O) groups excluding carboxylic acids is 5. The second kappa shape index (κ2) is 27.0. The molecule has 22 heteroatoms. The molecule has 306 valence electrons. The van der Waals surface area contributed by atoms with Gasteiger partial charge in [0, 0.05) is 63.2 Å². The summed E-state index contributed by atoms with van der Waals surface area (Å²) in [4.78, 5) is 93.4. The lowest BCUT2D eigenvalue weighted by Crippen LogP contribution is -2.47. The van der Waals surface area contributed by atoms with Crippen molar-refractivity contribution in [1.29, 1.82) is 0 Å². The zero-order valence-electron chi connectivity index (χ0n) is 31.1. The summed E-state index contributed by atoms with van der Waals surface area (Å²) >= 11 is 0. The normalized spacial score (nSPS) is 13.4. The molecule has 0 saturated heterocycles. The van der Waals surface area contributed by atoms with Gasteiger partial charge in [0.15, 0.2) is 29.6 Å². The number of carboxylic acid groups (broad SMARTS) is 1. The number of aliphatic carboxylic acids is 1. The maximum Gasteiger partial charge on any atom is 0.326 e. The van der Waals surface area contributed by atoms with E-state index in [1.807, 2.05) is 0 Å². The van der Waals surface area contributed by atoms with Crippen LogP contribution in [0.2, 0.25) is 0 Å². The Labute approximate surface area is 315 Å². The third-order valence-corrected chi connectivity index (χ3v) is 8.23. The summed E-state index contributed by atoms with van der Waals surface area (Å²) in [6.07, 6.45) is 0.938. The fourth-order valence-electron chi connectivity index (χ4n) is 5.27. The Balaban J connectivity index is 6.25. The summed E-state index contributed by atoms with van der Waals surface area (Å²) in [7, 11) is 0. The Morgan fingerprint density at radius 1 is 0.519 bits per heavy atom. The molecular weight excluding hydrogens is 706 g/mol. The Morgan fingerprint density at radius 3 is 1.31 bits per heavy atom. The molecule has 0 spiro atoms. The highest BCUT2D eigenvalue weighted by Gasteiger charge is 2.32. The molecule has 5 atom stereocenters. The van der Waals surface area contributed by atoms with E-state index in [0.717, 1.165) is 0 Å². The highest BCUT2D eigenvalue weighted by Crippen LogP contribution is 2.21. The fraction of sp³-hybridized carbons (Fsp3) is 0.688. The number of nitrogens with zero attached hydrogens (tertiary/aromatic N) is 4. The molecule has 0 aromatic rings. The third-order valence-electron chi connectivity index (χ3n) is 8.23. The van der Waals surface area contributed by atoms with Crippen LogP contribution in [0.4, 0.5) is 0 Å². The Hall–Kier alpha value is -5.70. The molecular formula is C32H61N15O7. The van der Waals surface area contributed by atoms with E-state index in [1.54, 1.807) is 6.92 Å². The van der Waals surface area contributed by atoms with E-state index in [1.165, 1.54) is 0 Å². The van der Waals surface area contributed by atoms with Gasteiger partial charge in [0.1, 0.15) is 11.8 Å². The minimum Gasteiger partial charge on any atom is -0.480 e. The zero-order chi connectivity index (χ0) is 41.2. The van der Waals surface area contributed by atoms with Crippen LogP contribution in [0.3, 0.4) is 0 Å².